The zero-order valence-electron chi connectivity index (χ0n) is 27.9. The average Bonchev–Trinajstić information content (AvgIpc) is 3.07. The number of nitrogens with two attached hydrogens (primary N) is 1. The number of rotatable bonds is 22. The quantitative estimate of drug-likeness (QED) is 0.0392. The van der Waals surface area contributed by atoms with E-state index in [2.05, 4.69) is 27.6 Å². The van der Waals surface area contributed by atoms with Crippen LogP contribution < -0.4 is 16.4 Å². The van der Waals surface area contributed by atoms with E-state index in [0.29, 0.717) is 0 Å². The van der Waals surface area contributed by atoms with Crippen LogP contribution in [-0.2, 0) is 44.7 Å². The van der Waals surface area contributed by atoms with Gasteiger partial charge >= 0.3 is 5.97 Å². The first-order chi connectivity index (χ1) is 23.0. The van der Waals surface area contributed by atoms with Crippen molar-refractivity contribution in [3.05, 3.63) is 46.3 Å². The van der Waals surface area contributed by atoms with Crippen molar-refractivity contribution in [2.45, 2.75) is 128 Å². The van der Waals surface area contributed by atoms with Crippen LogP contribution in [0.15, 0.2) is 35.4 Å². The topological polar surface area (TPSA) is 244 Å². The van der Waals surface area contributed by atoms with E-state index in [9.17, 15) is 34.9 Å². The summed E-state index contributed by atoms with van der Waals surface area (Å²) in [6, 6.07) is 5.46. The highest BCUT2D eigenvalue weighted by atomic mass is 16.7. The van der Waals surface area contributed by atoms with Crippen molar-refractivity contribution < 1.29 is 48.3 Å². The summed E-state index contributed by atoms with van der Waals surface area (Å²) in [6.45, 7) is 4.57. The molecule has 3 amide bonds. The van der Waals surface area contributed by atoms with Crippen LogP contribution in [0.25, 0.3) is 10.4 Å². The van der Waals surface area contributed by atoms with E-state index in [4.69, 9.17) is 24.7 Å². The minimum atomic E-state index is -1.51. The first kappa shape index (κ1) is 40.4. The third kappa shape index (κ3) is 13.7. The molecular weight excluding hydrogens is 628 g/mol. The van der Waals surface area contributed by atoms with E-state index in [1.54, 1.807) is 12.1 Å². The van der Waals surface area contributed by atoms with Crippen LogP contribution in [0.2, 0.25) is 0 Å². The minimum absolute atomic E-state index is 0.0548. The number of unbranched alkanes of at least 4 members (excludes halogenated alkanes) is 5. The summed E-state index contributed by atoms with van der Waals surface area (Å²) in [7, 11) is 0. The van der Waals surface area contributed by atoms with Crippen LogP contribution in [0.4, 0.5) is 0 Å². The third-order valence-corrected chi connectivity index (χ3v) is 7.80. The fourth-order valence-corrected chi connectivity index (χ4v) is 4.96. The molecule has 0 unspecified atom stereocenters. The van der Waals surface area contributed by atoms with Crippen molar-refractivity contribution >= 4 is 23.7 Å². The Morgan fingerprint density at radius 1 is 1.06 bits per heavy atom. The lowest BCUT2D eigenvalue weighted by molar-refractivity contribution is -0.279. The number of amides is 3. The number of primary amides is 1. The predicted molar refractivity (Wildman–Crippen MR) is 173 cm³/mol. The van der Waals surface area contributed by atoms with Gasteiger partial charge in [0.15, 0.2) is 6.29 Å². The minimum Gasteiger partial charge on any atom is -0.466 e. The molecule has 1 aliphatic heterocycles. The Hall–Kier alpha value is -3.79. The number of azide groups is 1. The highest BCUT2D eigenvalue weighted by molar-refractivity contribution is 5.92. The molecule has 2 rings (SSSR count). The van der Waals surface area contributed by atoms with Crippen LogP contribution in [0.1, 0.15) is 77.7 Å². The zero-order valence-corrected chi connectivity index (χ0v) is 27.9. The Morgan fingerprint density at radius 2 is 1.75 bits per heavy atom. The van der Waals surface area contributed by atoms with Crippen molar-refractivity contribution in [1.82, 2.24) is 10.6 Å². The van der Waals surface area contributed by atoms with E-state index in [1.165, 1.54) is 20.3 Å². The van der Waals surface area contributed by atoms with E-state index in [0.717, 1.165) is 37.7 Å². The molecule has 0 aromatic heterocycles. The van der Waals surface area contributed by atoms with Crippen molar-refractivity contribution in [3.8, 4) is 0 Å². The Balaban J connectivity index is 1.92. The second-order valence-electron chi connectivity index (χ2n) is 11.7. The van der Waals surface area contributed by atoms with Gasteiger partial charge in [0, 0.05) is 11.3 Å². The van der Waals surface area contributed by atoms with Gasteiger partial charge in [-0.2, -0.15) is 0 Å². The molecule has 1 aromatic rings. The molecule has 268 valence electrons. The summed E-state index contributed by atoms with van der Waals surface area (Å²) in [5.41, 5.74) is 15.4. The Labute approximate surface area is 280 Å². The van der Waals surface area contributed by atoms with Crippen LogP contribution in [0, 0.1) is 0 Å². The van der Waals surface area contributed by atoms with E-state index >= 15 is 0 Å². The number of hydrogen-bond acceptors (Lipinski definition) is 11. The molecule has 0 aliphatic carbocycles. The fraction of sp³-hybridized carbons (Fsp3) is 0.688. The number of nitrogens with zero attached hydrogens (tertiary/aromatic N) is 3. The molecule has 0 saturated carbocycles. The largest absolute Gasteiger partial charge is 0.466 e. The monoisotopic (exact) mass is 678 g/mol. The van der Waals surface area contributed by atoms with Gasteiger partial charge in [0.25, 0.3) is 0 Å². The standard InChI is InChI=1S/C32H50N6O10/c1-4-5-6-7-8-12-17-45-25(40)16-15-23(29(33)42)36-30(43)20(2)35-31(44)21(3)47-28-26(37-38-34)32(48-24(18-39)27(28)41)46-19-22-13-10-9-11-14-22/h9-11,13-14,20-21,23-24,26-28,32,39,41H,4-8,12,15-19H2,1-3H3,(H2,33,42)(H,35,44)(H,36,43)/t20-,21+,23+,24+,26+,27+,28+,32+/m0/s1. The van der Waals surface area contributed by atoms with Crippen molar-refractivity contribution in [2.24, 2.45) is 10.8 Å². The van der Waals surface area contributed by atoms with Gasteiger partial charge in [-0.1, -0.05) is 74.5 Å². The number of aliphatic hydroxyl groups excluding tert-OH is 2. The maximum Gasteiger partial charge on any atom is 0.305 e. The summed E-state index contributed by atoms with van der Waals surface area (Å²) >= 11 is 0. The van der Waals surface area contributed by atoms with Gasteiger partial charge in [-0.3, -0.25) is 19.2 Å². The van der Waals surface area contributed by atoms with Gasteiger partial charge in [0.05, 0.1) is 19.8 Å². The summed E-state index contributed by atoms with van der Waals surface area (Å²) in [6.07, 6.45) is -0.540. The van der Waals surface area contributed by atoms with Crippen molar-refractivity contribution in [2.75, 3.05) is 13.2 Å². The number of ether oxygens (including phenoxy) is 4. The Morgan fingerprint density at radius 3 is 2.40 bits per heavy atom. The average molecular weight is 679 g/mol. The van der Waals surface area contributed by atoms with Crippen molar-refractivity contribution in [3.63, 3.8) is 0 Å². The van der Waals surface area contributed by atoms with Gasteiger partial charge in [-0.05, 0) is 37.8 Å². The van der Waals surface area contributed by atoms with Crippen LogP contribution in [0.3, 0.4) is 0 Å². The third-order valence-electron chi connectivity index (χ3n) is 7.80. The molecule has 1 aromatic carbocycles. The predicted octanol–water partition coefficient (Wildman–Crippen LogP) is 1.89. The molecular formula is C32H50N6O10. The number of carbonyl (C=O) groups excluding carboxylic acids is 4. The SMILES string of the molecule is CCCCCCCCOC(=O)CC[C@@H](NC(=O)[C@H](C)NC(=O)[C@@H](C)O[C@H]1[C@H](O)[C@@H](CO)O[C@@H](OCc2ccccc2)[C@@H]1N=[N+]=[N-])C(N)=O. The molecule has 8 atom stereocenters. The molecule has 1 heterocycles. The molecule has 16 heteroatoms. The second-order valence-corrected chi connectivity index (χ2v) is 11.7. The number of hydrogen-bond donors (Lipinski definition) is 5. The summed E-state index contributed by atoms with van der Waals surface area (Å²) in [5, 5.41) is 29.2. The lowest BCUT2D eigenvalue weighted by atomic mass is 9.97. The molecule has 0 bridgehead atoms. The van der Waals surface area contributed by atoms with Crippen LogP contribution >= 0.6 is 0 Å². The Kier molecular flexibility index (Phi) is 18.5. The van der Waals surface area contributed by atoms with Crippen LogP contribution in [0.5, 0.6) is 0 Å². The fourth-order valence-electron chi connectivity index (χ4n) is 4.96. The normalized spacial score (nSPS) is 22.4. The Bertz CT molecular complexity index is 1200. The number of aliphatic hydroxyl groups is 2. The second kappa shape index (κ2) is 22.0. The summed E-state index contributed by atoms with van der Waals surface area (Å²) < 4.78 is 22.5. The number of nitrogens with one attached hydrogen (secondary N) is 2. The molecule has 1 aliphatic rings. The van der Waals surface area contributed by atoms with E-state index < -0.39 is 79.1 Å². The number of esters is 1. The first-order valence-corrected chi connectivity index (χ1v) is 16.4. The first-order valence-electron chi connectivity index (χ1n) is 16.4. The highest BCUT2D eigenvalue weighted by Gasteiger charge is 2.47. The number of benzene rings is 1. The molecule has 6 N–H and O–H groups in total. The molecule has 0 radical (unpaired) electrons. The van der Waals surface area contributed by atoms with E-state index in [-0.39, 0.29) is 26.1 Å². The highest BCUT2D eigenvalue weighted by Crippen LogP contribution is 2.28. The molecule has 0 spiro atoms. The lowest BCUT2D eigenvalue weighted by Crippen LogP contribution is -2.61. The smallest absolute Gasteiger partial charge is 0.305 e. The van der Waals surface area contributed by atoms with Gasteiger partial charge in [-0.15, -0.1) is 0 Å². The van der Waals surface area contributed by atoms with Gasteiger partial charge < -0.3 is 45.5 Å². The summed E-state index contributed by atoms with van der Waals surface area (Å²) in [5.74, 6) is -2.89. The zero-order chi connectivity index (χ0) is 35.5. The maximum absolute atomic E-state index is 13.0. The molecule has 1 saturated heterocycles. The van der Waals surface area contributed by atoms with Crippen molar-refractivity contribution in [1.29, 1.82) is 0 Å². The molecule has 48 heavy (non-hydrogen) atoms. The van der Waals surface area contributed by atoms with E-state index in [1.807, 2.05) is 18.2 Å². The van der Waals surface area contributed by atoms with Gasteiger partial charge in [0.2, 0.25) is 17.7 Å². The van der Waals surface area contributed by atoms with Crippen LogP contribution in [-0.4, -0.2) is 95.9 Å². The lowest BCUT2D eigenvalue weighted by Gasteiger charge is -2.43. The number of carbonyl (C=O) groups is 4. The molecule has 1 fully saturated rings. The van der Waals surface area contributed by atoms with Gasteiger partial charge in [0.1, 0.15) is 42.5 Å². The van der Waals surface area contributed by atoms with Gasteiger partial charge in [-0.25, -0.2) is 0 Å². The molecule has 16 nitrogen and oxygen atoms in total. The maximum atomic E-state index is 13.0. The summed E-state index contributed by atoms with van der Waals surface area (Å²) in [4.78, 5) is 52.8.